The summed E-state index contributed by atoms with van der Waals surface area (Å²) < 4.78 is 5.22. The molecule has 42 heavy (non-hydrogen) atoms. The van der Waals surface area contributed by atoms with Crippen LogP contribution in [0.2, 0.25) is 0 Å². The van der Waals surface area contributed by atoms with Crippen LogP contribution < -0.4 is 5.32 Å². The van der Waals surface area contributed by atoms with Gasteiger partial charge in [-0.3, -0.25) is 14.7 Å². The third-order valence-electron chi connectivity index (χ3n) is 7.48. The lowest BCUT2D eigenvalue weighted by atomic mass is 10.2. The lowest BCUT2D eigenvalue weighted by Crippen LogP contribution is -2.36. The summed E-state index contributed by atoms with van der Waals surface area (Å²) in [6.45, 7) is 19.3. The number of aliphatic hydroxyl groups is 2. The largest absolute Gasteiger partial charge is 0.395 e. The first-order valence-electron chi connectivity index (χ1n) is 16.3. The highest BCUT2D eigenvalue weighted by atomic mass is 16.5. The van der Waals surface area contributed by atoms with Gasteiger partial charge in [-0.05, 0) is 83.9 Å². The third-order valence-corrected chi connectivity index (χ3v) is 7.48. The normalized spacial score (nSPS) is 19.2. The van der Waals surface area contributed by atoms with Gasteiger partial charge in [0, 0.05) is 38.8 Å². The highest BCUT2D eigenvalue weighted by Crippen LogP contribution is 2.12. The molecule has 3 N–H and O–H groups in total. The van der Waals surface area contributed by atoms with E-state index < -0.39 is 0 Å². The summed E-state index contributed by atoms with van der Waals surface area (Å²) in [5.74, 6) is 0. The van der Waals surface area contributed by atoms with Crippen LogP contribution in [0.25, 0.3) is 0 Å². The summed E-state index contributed by atoms with van der Waals surface area (Å²) >= 11 is 0. The van der Waals surface area contributed by atoms with E-state index in [9.17, 15) is 0 Å². The molecule has 5 rings (SSSR count). The SMILES string of the molecule is CC.CC(CO)N(C)CCO.CC1CNCCO1.c1ccc(CN2CCCC2)cc1.c1ccc(CN2CCCC2)cc1. The molecule has 2 aromatic carbocycles. The van der Waals surface area contributed by atoms with E-state index in [1.54, 1.807) is 0 Å². The van der Waals surface area contributed by atoms with Crippen LogP contribution in [0.3, 0.4) is 0 Å². The molecule has 7 nitrogen and oxygen atoms in total. The number of benzene rings is 2. The molecule has 2 aromatic rings. The lowest BCUT2D eigenvalue weighted by molar-refractivity contribution is 0.0410. The van der Waals surface area contributed by atoms with Gasteiger partial charge in [0.05, 0.1) is 25.9 Å². The molecule has 7 heteroatoms. The van der Waals surface area contributed by atoms with Crippen LogP contribution in [-0.2, 0) is 17.8 Å². The molecule has 3 saturated heterocycles. The number of nitrogens with zero attached hydrogens (tertiary/aromatic N) is 3. The molecule has 0 bridgehead atoms. The second kappa shape index (κ2) is 25.6. The summed E-state index contributed by atoms with van der Waals surface area (Å²) in [4.78, 5) is 6.95. The third kappa shape index (κ3) is 18.6. The van der Waals surface area contributed by atoms with Gasteiger partial charge in [-0.1, -0.05) is 74.5 Å². The molecule has 0 aliphatic carbocycles. The van der Waals surface area contributed by atoms with Gasteiger partial charge in [0.25, 0.3) is 0 Å². The monoisotopic (exact) mass is 586 g/mol. The summed E-state index contributed by atoms with van der Waals surface area (Å²) in [6, 6.07) is 21.6. The Morgan fingerprint density at radius 2 is 1.29 bits per heavy atom. The number of nitrogens with one attached hydrogen (secondary N) is 1. The maximum absolute atomic E-state index is 8.61. The maximum atomic E-state index is 8.61. The second-order valence-electron chi connectivity index (χ2n) is 11.1. The number of hydrogen-bond acceptors (Lipinski definition) is 7. The summed E-state index contributed by atoms with van der Waals surface area (Å²) in [5, 5.41) is 20.3. The van der Waals surface area contributed by atoms with Crippen molar-refractivity contribution in [2.45, 2.75) is 78.6 Å². The van der Waals surface area contributed by atoms with E-state index in [1.807, 2.05) is 32.7 Å². The standard InChI is InChI=1S/2C11H15N.C6H15NO2.C5H11NO.C2H6/c2*1-2-6-11(7-3-1)10-12-8-4-5-9-12;1-6(5-9)7(2)3-4-8;1-5-4-6-2-3-7-5;1-2/h2*1-3,6-7H,4-5,8-10H2;6,8-9H,3-5H2,1-2H3;5-6H,2-4H2,1H3;1-2H3. The van der Waals surface area contributed by atoms with Crippen LogP contribution in [0, 0.1) is 0 Å². The minimum Gasteiger partial charge on any atom is -0.395 e. The molecule has 0 amide bonds. The number of likely N-dealkylation sites (N-methyl/N-ethyl adjacent to an activating group) is 1. The first-order valence-corrected chi connectivity index (χ1v) is 16.3. The molecule has 0 radical (unpaired) electrons. The van der Waals surface area contributed by atoms with Crippen LogP contribution in [0.4, 0.5) is 0 Å². The van der Waals surface area contributed by atoms with E-state index in [0.29, 0.717) is 12.6 Å². The number of rotatable bonds is 8. The predicted octanol–water partition coefficient (Wildman–Crippen LogP) is 4.88. The molecule has 3 aliphatic rings. The van der Waals surface area contributed by atoms with Crippen LogP contribution in [0.5, 0.6) is 0 Å². The van der Waals surface area contributed by atoms with E-state index >= 15 is 0 Å². The average molecular weight is 587 g/mol. The molecule has 3 heterocycles. The number of likely N-dealkylation sites (tertiary alicyclic amines) is 2. The lowest BCUT2D eigenvalue weighted by Gasteiger charge is -2.20. The summed E-state index contributed by atoms with van der Waals surface area (Å²) in [7, 11) is 1.87. The van der Waals surface area contributed by atoms with Crippen LogP contribution in [0.1, 0.15) is 64.5 Å². The highest BCUT2D eigenvalue weighted by molar-refractivity contribution is 5.15. The van der Waals surface area contributed by atoms with Gasteiger partial charge in [0.15, 0.2) is 0 Å². The van der Waals surface area contributed by atoms with Crippen molar-refractivity contribution < 1.29 is 14.9 Å². The number of morpholine rings is 1. The molecular weight excluding hydrogens is 524 g/mol. The van der Waals surface area contributed by atoms with Gasteiger partial charge in [0.2, 0.25) is 0 Å². The zero-order valence-electron chi connectivity index (χ0n) is 27.4. The summed E-state index contributed by atoms with van der Waals surface area (Å²) in [6.07, 6.45) is 5.95. The Labute approximate surface area is 257 Å². The maximum Gasteiger partial charge on any atom is 0.0672 e. The fourth-order valence-corrected chi connectivity index (χ4v) is 4.78. The van der Waals surface area contributed by atoms with Crippen molar-refractivity contribution in [3.8, 4) is 0 Å². The number of aliphatic hydroxyl groups excluding tert-OH is 2. The van der Waals surface area contributed by atoms with Crippen molar-refractivity contribution >= 4 is 0 Å². The minimum absolute atomic E-state index is 0.149. The molecule has 3 aliphatic heterocycles. The van der Waals surface area contributed by atoms with Crippen molar-refractivity contribution in [2.24, 2.45) is 0 Å². The van der Waals surface area contributed by atoms with Crippen LogP contribution in [-0.4, -0.2) is 110 Å². The van der Waals surface area contributed by atoms with Gasteiger partial charge in [0.1, 0.15) is 0 Å². The zero-order chi connectivity index (χ0) is 30.8. The molecule has 2 unspecified atom stereocenters. The summed E-state index contributed by atoms with van der Waals surface area (Å²) in [5.41, 5.74) is 2.89. The van der Waals surface area contributed by atoms with E-state index in [2.05, 4.69) is 82.7 Å². The number of hydrogen-bond donors (Lipinski definition) is 3. The first-order chi connectivity index (χ1) is 20.5. The Morgan fingerprint density at radius 3 is 1.60 bits per heavy atom. The van der Waals surface area contributed by atoms with Crippen LogP contribution >= 0.6 is 0 Å². The fourth-order valence-electron chi connectivity index (χ4n) is 4.78. The van der Waals surface area contributed by atoms with E-state index in [0.717, 1.165) is 32.8 Å². The van der Waals surface area contributed by atoms with Gasteiger partial charge in [-0.15, -0.1) is 0 Å². The topological polar surface area (TPSA) is 71.4 Å². The van der Waals surface area contributed by atoms with Gasteiger partial charge in [-0.25, -0.2) is 0 Å². The fraction of sp³-hybridized carbons (Fsp3) is 0.657. The molecule has 2 atom stereocenters. The average Bonchev–Trinajstić information content (AvgIpc) is 3.75. The Kier molecular flexibility index (Phi) is 23.3. The van der Waals surface area contributed by atoms with E-state index in [1.165, 1.54) is 63.0 Å². The molecule has 0 saturated carbocycles. The van der Waals surface area contributed by atoms with Crippen molar-refractivity contribution in [3.63, 3.8) is 0 Å². The van der Waals surface area contributed by atoms with Crippen LogP contribution in [0.15, 0.2) is 60.7 Å². The van der Waals surface area contributed by atoms with E-state index in [4.69, 9.17) is 14.9 Å². The van der Waals surface area contributed by atoms with Crippen molar-refractivity contribution in [3.05, 3.63) is 71.8 Å². The first kappa shape index (κ1) is 38.2. The zero-order valence-corrected chi connectivity index (χ0v) is 27.4. The van der Waals surface area contributed by atoms with Crippen molar-refractivity contribution in [1.29, 1.82) is 0 Å². The van der Waals surface area contributed by atoms with Crippen molar-refractivity contribution in [1.82, 2.24) is 20.0 Å². The molecule has 0 spiro atoms. The van der Waals surface area contributed by atoms with Gasteiger partial charge >= 0.3 is 0 Å². The second-order valence-corrected chi connectivity index (χ2v) is 11.1. The Morgan fingerprint density at radius 1 is 0.833 bits per heavy atom. The van der Waals surface area contributed by atoms with Crippen molar-refractivity contribution in [2.75, 3.05) is 72.7 Å². The molecule has 3 fully saturated rings. The van der Waals surface area contributed by atoms with E-state index in [-0.39, 0.29) is 19.3 Å². The molecule has 0 aromatic heterocycles. The van der Waals surface area contributed by atoms with Gasteiger partial charge < -0.3 is 20.3 Å². The predicted molar refractivity (Wildman–Crippen MR) is 178 cm³/mol. The Bertz CT molecular complexity index is 771. The molecular formula is C35H62N4O3. The number of ether oxygens (including phenoxy) is 1. The molecule has 240 valence electrons. The minimum atomic E-state index is 0.149. The Balaban J connectivity index is 0.000000280. The van der Waals surface area contributed by atoms with Gasteiger partial charge in [-0.2, -0.15) is 0 Å². The Hall–Kier alpha value is -1.84. The quantitative estimate of drug-likeness (QED) is 0.407. The highest BCUT2D eigenvalue weighted by Gasteiger charge is 2.11. The smallest absolute Gasteiger partial charge is 0.0672 e.